The number of carbonyl (C=O) groups excluding carboxylic acids is 3. The van der Waals surface area contributed by atoms with Gasteiger partial charge in [0.2, 0.25) is 5.78 Å². The van der Waals surface area contributed by atoms with Crippen molar-refractivity contribution in [2.24, 2.45) is 34.5 Å². The molecule has 7 atom stereocenters. The minimum absolute atomic E-state index is 0.0214. The van der Waals surface area contributed by atoms with E-state index in [0.29, 0.717) is 32.3 Å². The third kappa shape index (κ3) is 3.34. The van der Waals surface area contributed by atoms with Crippen LogP contribution in [0.25, 0.3) is 0 Å². The van der Waals surface area contributed by atoms with Gasteiger partial charge in [0.25, 0.3) is 0 Å². The number of hydrogen-bond acceptors (Lipinski definition) is 7. The Balaban J connectivity index is 1.70. The van der Waals surface area contributed by atoms with Gasteiger partial charge < -0.3 is 19.7 Å². The second-order valence-corrected chi connectivity index (χ2v) is 10.8. The summed E-state index contributed by atoms with van der Waals surface area (Å²) in [6, 6.07) is 0. The third-order valence-electron chi connectivity index (χ3n) is 9.45. The number of Topliss-reactive ketones (excluding diaryl/α,β-unsaturated/α-hetero) is 1. The average molecular weight is 461 g/mol. The second kappa shape index (κ2) is 8.35. The zero-order valence-electron chi connectivity index (χ0n) is 20.1. The Hall–Kier alpha value is -1.99. The number of carbonyl (C=O) groups is 3. The van der Waals surface area contributed by atoms with Gasteiger partial charge in [-0.1, -0.05) is 13.8 Å². The summed E-state index contributed by atoms with van der Waals surface area (Å²) < 4.78 is 11.1. The summed E-state index contributed by atoms with van der Waals surface area (Å²) in [5, 5.41) is 19.9. The molecular weight excluding hydrogens is 424 g/mol. The third-order valence-corrected chi connectivity index (χ3v) is 9.45. The molecule has 0 amide bonds. The number of fused-ring (bicyclic) bond motifs is 5. The summed E-state index contributed by atoms with van der Waals surface area (Å²) in [4.78, 5) is 38.9. The van der Waals surface area contributed by atoms with Gasteiger partial charge in [-0.15, -0.1) is 0 Å². The fourth-order valence-electron chi connectivity index (χ4n) is 7.91. The topological polar surface area (TPSA) is 110 Å². The van der Waals surface area contributed by atoms with E-state index in [0.717, 1.165) is 12.0 Å². The molecule has 0 aromatic heterocycles. The molecule has 4 aliphatic carbocycles. The lowest BCUT2D eigenvalue weighted by atomic mass is 9.45. The zero-order valence-corrected chi connectivity index (χ0v) is 20.1. The molecule has 0 aliphatic heterocycles. The van der Waals surface area contributed by atoms with E-state index in [1.807, 2.05) is 13.8 Å². The van der Waals surface area contributed by atoms with Gasteiger partial charge in [0.15, 0.2) is 11.4 Å². The van der Waals surface area contributed by atoms with Crippen molar-refractivity contribution in [1.29, 1.82) is 0 Å². The number of hydrogen-bond donors (Lipinski definition) is 2. The lowest BCUT2D eigenvalue weighted by Gasteiger charge is -2.59. The van der Waals surface area contributed by atoms with Gasteiger partial charge in [0.1, 0.15) is 19.0 Å². The van der Waals surface area contributed by atoms with Gasteiger partial charge in [-0.2, -0.15) is 0 Å². The highest BCUT2D eigenvalue weighted by atomic mass is 16.6. The molecule has 0 radical (unpaired) electrons. The van der Waals surface area contributed by atoms with Gasteiger partial charge in [-0.05, 0) is 81.3 Å². The van der Waals surface area contributed by atoms with Crippen molar-refractivity contribution in [3.8, 4) is 0 Å². The van der Waals surface area contributed by atoms with Gasteiger partial charge in [-0.3, -0.25) is 9.59 Å². The van der Waals surface area contributed by atoms with Crippen LogP contribution in [0.5, 0.6) is 0 Å². The monoisotopic (exact) mass is 460 g/mol. The van der Waals surface area contributed by atoms with E-state index in [9.17, 15) is 24.6 Å². The largest absolute Gasteiger partial charge is 0.508 e. The summed E-state index contributed by atoms with van der Waals surface area (Å²) in [6.45, 7) is 7.37. The summed E-state index contributed by atoms with van der Waals surface area (Å²) in [6.07, 6.45) is 6.35. The maximum atomic E-state index is 13.2. The fourth-order valence-corrected chi connectivity index (χ4v) is 7.91. The highest BCUT2D eigenvalue weighted by Gasteiger charge is 2.69. The van der Waals surface area contributed by atoms with Crippen LogP contribution in [0.15, 0.2) is 23.5 Å². The Morgan fingerprint density at radius 3 is 2.52 bits per heavy atom. The van der Waals surface area contributed by atoms with Crippen molar-refractivity contribution in [1.82, 2.24) is 0 Å². The average Bonchev–Trinajstić information content (AvgIpc) is 3.07. The summed E-state index contributed by atoms with van der Waals surface area (Å²) in [5.41, 5.74) is -1.67. The minimum Gasteiger partial charge on any atom is -0.508 e. The predicted octanol–water partition coefficient (Wildman–Crippen LogP) is 3.31. The van der Waals surface area contributed by atoms with Crippen molar-refractivity contribution in [3.05, 3.63) is 23.5 Å². The molecule has 0 heterocycles. The molecule has 182 valence electrons. The molecular formula is C26H36O7. The molecule has 4 aliphatic rings. The molecule has 3 saturated carbocycles. The summed E-state index contributed by atoms with van der Waals surface area (Å²) >= 11 is 0. The van der Waals surface area contributed by atoms with Crippen molar-refractivity contribution in [2.75, 3.05) is 19.8 Å². The second-order valence-electron chi connectivity index (χ2n) is 10.8. The molecule has 0 aromatic carbocycles. The Kier molecular flexibility index (Phi) is 6.11. The first-order chi connectivity index (χ1) is 15.5. The standard InChI is InChI=1S/C26H36O7/c1-5-32-14-23(31)33-26(22(30)13-27)9-7-18-17-10-15(2)20-11-16(28)12-21(29)25(20,4)19(17)6-8-24(18,26)3/h11-12,15,17-19,27-28H,5-10,13-14H2,1-4H3/t15?,17-,18-,19-,24-,25+,26-/m0/s1. The number of ketones is 2. The summed E-state index contributed by atoms with van der Waals surface area (Å²) in [5.74, 6) is -0.601. The van der Waals surface area contributed by atoms with E-state index in [2.05, 4.69) is 6.92 Å². The number of esters is 1. The smallest absolute Gasteiger partial charge is 0.333 e. The molecule has 0 aromatic rings. The number of allylic oxidation sites excluding steroid dienone is 3. The van der Waals surface area contributed by atoms with Crippen LogP contribution in [0.1, 0.15) is 59.8 Å². The van der Waals surface area contributed by atoms with Gasteiger partial charge in [0, 0.05) is 18.1 Å². The summed E-state index contributed by atoms with van der Waals surface area (Å²) in [7, 11) is 0. The van der Waals surface area contributed by atoms with Crippen molar-refractivity contribution < 1.29 is 34.1 Å². The van der Waals surface area contributed by atoms with Crippen LogP contribution in [-0.2, 0) is 23.9 Å². The van der Waals surface area contributed by atoms with Crippen LogP contribution < -0.4 is 0 Å². The Labute approximate surface area is 195 Å². The molecule has 1 unspecified atom stereocenters. The molecule has 2 N–H and O–H groups in total. The van der Waals surface area contributed by atoms with E-state index < -0.39 is 34.8 Å². The first-order valence-electron chi connectivity index (χ1n) is 12.2. The molecule has 33 heavy (non-hydrogen) atoms. The normalized spacial score (nSPS) is 41.9. The van der Waals surface area contributed by atoms with Crippen LogP contribution in [0.2, 0.25) is 0 Å². The Bertz CT molecular complexity index is 920. The maximum absolute atomic E-state index is 13.2. The molecule has 7 heteroatoms. The van der Waals surface area contributed by atoms with Gasteiger partial charge in [-0.25, -0.2) is 4.79 Å². The minimum atomic E-state index is -1.37. The van der Waals surface area contributed by atoms with Crippen LogP contribution in [0.4, 0.5) is 0 Å². The molecule has 0 spiro atoms. The number of aliphatic hydroxyl groups is 2. The van der Waals surface area contributed by atoms with E-state index in [4.69, 9.17) is 9.47 Å². The Morgan fingerprint density at radius 1 is 1.15 bits per heavy atom. The van der Waals surface area contributed by atoms with Crippen molar-refractivity contribution in [2.45, 2.75) is 65.4 Å². The van der Waals surface area contributed by atoms with Crippen LogP contribution in [0.3, 0.4) is 0 Å². The molecule has 3 fully saturated rings. The first-order valence-corrected chi connectivity index (χ1v) is 12.2. The quantitative estimate of drug-likeness (QED) is 0.585. The highest BCUT2D eigenvalue weighted by Crippen LogP contribution is 2.68. The molecule has 4 rings (SSSR count). The van der Waals surface area contributed by atoms with E-state index in [1.165, 1.54) is 6.08 Å². The SMILES string of the molecule is CCOCC(=O)O[C@]1(C(=O)CO)CC[C@H]2[C@@H]3CC(C)C4=CC(O)=CC(=O)[C@]4(C)[C@H]3CC[C@@]21C. The number of rotatable bonds is 6. The fraction of sp³-hybridized carbons (Fsp3) is 0.731. The number of ether oxygens (including phenoxy) is 2. The van der Waals surface area contributed by atoms with Gasteiger partial charge >= 0.3 is 5.97 Å². The molecule has 0 saturated heterocycles. The molecule has 7 nitrogen and oxygen atoms in total. The van der Waals surface area contributed by atoms with E-state index >= 15 is 0 Å². The highest BCUT2D eigenvalue weighted by molar-refractivity contribution is 5.99. The molecule has 0 bridgehead atoms. The van der Waals surface area contributed by atoms with E-state index in [-0.39, 0.29) is 41.8 Å². The van der Waals surface area contributed by atoms with Crippen molar-refractivity contribution in [3.63, 3.8) is 0 Å². The van der Waals surface area contributed by atoms with Crippen LogP contribution in [-0.4, -0.2) is 53.2 Å². The zero-order chi connectivity index (χ0) is 24.2. The lowest BCUT2D eigenvalue weighted by molar-refractivity contribution is -0.194. The van der Waals surface area contributed by atoms with E-state index in [1.54, 1.807) is 13.0 Å². The van der Waals surface area contributed by atoms with Crippen LogP contribution in [0, 0.1) is 34.5 Å². The Morgan fingerprint density at radius 2 is 1.85 bits per heavy atom. The van der Waals surface area contributed by atoms with Crippen molar-refractivity contribution >= 4 is 17.5 Å². The predicted molar refractivity (Wildman–Crippen MR) is 120 cm³/mol. The maximum Gasteiger partial charge on any atom is 0.333 e. The van der Waals surface area contributed by atoms with Gasteiger partial charge in [0.05, 0.1) is 5.41 Å². The number of aliphatic hydroxyl groups excluding tert-OH is 2. The lowest BCUT2D eigenvalue weighted by Crippen LogP contribution is -2.61. The van der Waals surface area contributed by atoms with Crippen LogP contribution >= 0.6 is 0 Å². The first kappa shape index (κ1) is 24.1.